The van der Waals surface area contributed by atoms with Gasteiger partial charge in [0.2, 0.25) is 5.91 Å². The van der Waals surface area contributed by atoms with Crippen LogP contribution in [0.25, 0.3) is 0 Å². The van der Waals surface area contributed by atoms with E-state index < -0.39 is 0 Å². The van der Waals surface area contributed by atoms with Crippen molar-refractivity contribution in [2.45, 2.75) is 51.6 Å². The van der Waals surface area contributed by atoms with Gasteiger partial charge in [0.15, 0.2) is 0 Å². The molecule has 25 heavy (non-hydrogen) atoms. The lowest BCUT2D eigenvalue weighted by molar-refractivity contribution is -0.138. The first kappa shape index (κ1) is 18.5. The first-order valence-corrected chi connectivity index (χ1v) is 9.81. The molecule has 1 aliphatic heterocycles. The van der Waals surface area contributed by atoms with E-state index in [4.69, 9.17) is 11.6 Å². The second-order valence-electron chi connectivity index (χ2n) is 7.52. The predicted molar refractivity (Wildman–Crippen MR) is 102 cm³/mol. The Kier molecular flexibility index (Phi) is 6.18. The summed E-state index contributed by atoms with van der Waals surface area (Å²) in [6, 6.07) is 4.75. The zero-order valence-electron chi connectivity index (χ0n) is 15.2. The fraction of sp³-hybridized carbons (Fsp3) is 0.684. The molecule has 1 saturated carbocycles. The largest absolute Gasteiger partial charge is 0.381 e. The minimum atomic E-state index is 0.201. The van der Waals surface area contributed by atoms with Gasteiger partial charge in [-0.3, -0.25) is 9.69 Å². The molecule has 0 unspecified atom stereocenters. The van der Waals surface area contributed by atoms with Gasteiger partial charge >= 0.3 is 0 Å². The molecule has 0 atom stereocenters. The van der Waals surface area contributed by atoms with E-state index in [-0.39, 0.29) is 5.92 Å². The Bertz CT molecular complexity index is 561. The molecular formula is C19H29ClN4O. The molecule has 0 aromatic carbocycles. The summed E-state index contributed by atoms with van der Waals surface area (Å²) in [6.45, 7) is 8.22. The van der Waals surface area contributed by atoms with Crippen LogP contribution in [0.4, 0.5) is 5.69 Å². The summed E-state index contributed by atoms with van der Waals surface area (Å²) in [5.41, 5.74) is 1.00. The second kappa shape index (κ2) is 8.37. The van der Waals surface area contributed by atoms with E-state index >= 15 is 0 Å². The third-order valence-corrected chi connectivity index (χ3v) is 5.75. The molecule has 1 N–H and O–H groups in total. The molecule has 5 nitrogen and oxygen atoms in total. The third-order valence-electron chi connectivity index (χ3n) is 5.53. The van der Waals surface area contributed by atoms with Gasteiger partial charge in [0.1, 0.15) is 5.15 Å². The molecule has 0 bridgehead atoms. The van der Waals surface area contributed by atoms with Gasteiger partial charge in [-0.2, -0.15) is 0 Å². The number of carbonyl (C=O) groups is 1. The number of pyridine rings is 1. The van der Waals surface area contributed by atoms with Gasteiger partial charge in [-0.25, -0.2) is 4.98 Å². The highest BCUT2D eigenvalue weighted by Crippen LogP contribution is 2.28. The Labute approximate surface area is 155 Å². The number of rotatable bonds is 4. The molecule has 3 rings (SSSR count). The van der Waals surface area contributed by atoms with Crippen molar-refractivity contribution in [3.63, 3.8) is 0 Å². The molecular weight excluding hydrogens is 336 g/mol. The van der Waals surface area contributed by atoms with E-state index in [1.54, 1.807) is 12.3 Å². The maximum absolute atomic E-state index is 12.8. The van der Waals surface area contributed by atoms with Crippen LogP contribution in [0.15, 0.2) is 18.3 Å². The summed E-state index contributed by atoms with van der Waals surface area (Å²) in [7, 11) is 0. The average Bonchev–Trinajstić information content (AvgIpc) is 2.64. The van der Waals surface area contributed by atoms with Crippen molar-refractivity contribution in [2.75, 3.05) is 31.5 Å². The Morgan fingerprint density at radius 3 is 2.40 bits per heavy atom. The quantitative estimate of drug-likeness (QED) is 0.833. The highest BCUT2D eigenvalue weighted by atomic mass is 35.5. The number of piperazine rings is 1. The molecule has 6 heteroatoms. The maximum atomic E-state index is 12.8. The normalized spacial score (nSPS) is 25.2. The van der Waals surface area contributed by atoms with Crippen molar-refractivity contribution in [3.05, 3.63) is 23.5 Å². The van der Waals surface area contributed by atoms with Crippen LogP contribution < -0.4 is 5.32 Å². The van der Waals surface area contributed by atoms with Crippen molar-refractivity contribution in [2.24, 2.45) is 5.92 Å². The molecule has 138 valence electrons. The van der Waals surface area contributed by atoms with E-state index in [1.165, 1.54) is 0 Å². The lowest BCUT2D eigenvalue weighted by Gasteiger charge is -2.39. The molecule has 1 aliphatic carbocycles. The van der Waals surface area contributed by atoms with Gasteiger partial charge in [0, 0.05) is 44.2 Å². The second-order valence-corrected chi connectivity index (χ2v) is 7.90. The van der Waals surface area contributed by atoms with Crippen LogP contribution in [0, 0.1) is 5.92 Å². The number of hydrogen-bond donors (Lipinski definition) is 1. The molecule has 2 fully saturated rings. The van der Waals surface area contributed by atoms with Crippen LogP contribution in [-0.2, 0) is 4.79 Å². The minimum absolute atomic E-state index is 0.201. The Hall–Kier alpha value is -1.33. The smallest absolute Gasteiger partial charge is 0.225 e. The molecule has 2 aliphatic rings. The van der Waals surface area contributed by atoms with Crippen LogP contribution in [-0.4, -0.2) is 59.0 Å². The van der Waals surface area contributed by atoms with Crippen molar-refractivity contribution >= 4 is 23.2 Å². The molecule has 1 saturated heterocycles. The summed E-state index contributed by atoms with van der Waals surface area (Å²) in [6.07, 6.45) is 5.79. The summed E-state index contributed by atoms with van der Waals surface area (Å²) >= 11 is 5.82. The van der Waals surface area contributed by atoms with E-state index in [2.05, 4.69) is 33.9 Å². The third kappa shape index (κ3) is 4.85. The van der Waals surface area contributed by atoms with Crippen molar-refractivity contribution in [1.82, 2.24) is 14.8 Å². The zero-order chi connectivity index (χ0) is 17.8. The molecule has 0 radical (unpaired) electrons. The van der Waals surface area contributed by atoms with Gasteiger partial charge in [0.25, 0.3) is 0 Å². The number of amides is 1. The van der Waals surface area contributed by atoms with Crippen molar-refractivity contribution in [3.8, 4) is 0 Å². The Balaban J connectivity index is 1.44. The van der Waals surface area contributed by atoms with Crippen LogP contribution in [0.3, 0.4) is 0 Å². The number of halogens is 1. The highest BCUT2D eigenvalue weighted by Gasteiger charge is 2.31. The molecule has 1 aromatic heterocycles. The Morgan fingerprint density at radius 2 is 1.84 bits per heavy atom. The number of anilines is 1. The first-order chi connectivity index (χ1) is 12.0. The van der Waals surface area contributed by atoms with Gasteiger partial charge in [-0.1, -0.05) is 11.6 Å². The fourth-order valence-corrected chi connectivity index (χ4v) is 4.01. The number of carbonyl (C=O) groups excluding carboxylic acids is 1. The summed E-state index contributed by atoms with van der Waals surface area (Å²) < 4.78 is 0. The van der Waals surface area contributed by atoms with Gasteiger partial charge in [-0.05, 0) is 51.7 Å². The van der Waals surface area contributed by atoms with E-state index in [0.29, 0.717) is 23.1 Å². The number of nitrogens with one attached hydrogen (secondary N) is 1. The number of hydrogen-bond acceptors (Lipinski definition) is 4. The lowest BCUT2D eigenvalue weighted by atomic mass is 9.85. The predicted octanol–water partition coefficient (Wildman–Crippen LogP) is 3.26. The fourth-order valence-electron chi connectivity index (χ4n) is 3.90. The maximum Gasteiger partial charge on any atom is 0.225 e. The average molecular weight is 365 g/mol. The Morgan fingerprint density at radius 1 is 1.16 bits per heavy atom. The van der Waals surface area contributed by atoms with Crippen molar-refractivity contribution < 1.29 is 4.79 Å². The van der Waals surface area contributed by atoms with Crippen molar-refractivity contribution in [1.29, 1.82) is 0 Å². The molecule has 1 amide bonds. The SMILES string of the molecule is CC(C)N1CCN(C(=O)[C@H]2CC[C@H](Nc3ccc(Cl)nc3)CC2)CC1. The topological polar surface area (TPSA) is 48.5 Å². The molecule has 1 aromatic rings. The van der Waals surface area contributed by atoms with Gasteiger partial charge in [-0.15, -0.1) is 0 Å². The van der Waals surface area contributed by atoms with E-state index in [9.17, 15) is 4.79 Å². The zero-order valence-corrected chi connectivity index (χ0v) is 16.0. The monoisotopic (exact) mass is 364 g/mol. The van der Waals surface area contributed by atoms with Gasteiger partial charge < -0.3 is 10.2 Å². The molecule has 2 heterocycles. The van der Waals surface area contributed by atoms with Gasteiger partial charge in [0.05, 0.1) is 11.9 Å². The van der Waals surface area contributed by atoms with Crippen LogP contribution in [0.2, 0.25) is 5.15 Å². The lowest BCUT2D eigenvalue weighted by Crippen LogP contribution is -2.52. The van der Waals surface area contributed by atoms with E-state index in [0.717, 1.165) is 57.5 Å². The summed E-state index contributed by atoms with van der Waals surface area (Å²) in [4.78, 5) is 21.4. The highest BCUT2D eigenvalue weighted by molar-refractivity contribution is 6.29. The first-order valence-electron chi connectivity index (χ1n) is 9.44. The van der Waals surface area contributed by atoms with Crippen LogP contribution >= 0.6 is 11.6 Å². The number of aromatic nitrogens is 1. The molecule has 0 spiro atoms. The van der Waals surface area contributed by atoms with Crippen LogP contribution in [0.1, 0.15) is 39.5 Å². The number of nitrogens with zero attached hydrogens (tertiary/aromatic N) is 3. The summed E-state index contributed by atoms with van der Waals surface area (Å²) in [5, 5.41) is 4.02. The summed E-state index contributed by atoms with van der Waals surface area (Å²) in [5.74, 6) is 0.571. The van der Waals surface area contributed by atoms with Crippen LogP contribution in [0.5, 0.6) is 0 Å². The van der Waals surface area contributed by atoms with E-state index in [1.807, 2.05) is 6.07 Å². The minimum Gasteiger partial charge on any atom is -0.381 e. The standard InChI is InChI=1S/C19H29ClN4O/c1-14(2)23-9-11-24(12-10-23)19(25)15-3-5-16(6-4-15)22-17-7-8-18(20)21-13-17/h7-8,13-16,22H,3-6,9-12H2,1-2H3/t15-,16-.